The van der Waals surface area contributed by atoms with Gasteiger partial charge in [-0.3, -0.25) is 4.79 Å². The second-order valence-corrected chi connectivity index (χ2v) is 2.56. The van der Waals surface area contributed by atoms with Gasteiger partial charge in [-0.1, -0.05) is 12.1 Å². The third-order valence-electron chi connectivity index (χ3n) is 1.55. The highest BCUT2D eigenvalue weighted by molar-refractivity contribution is 5.95. The minimum Gasteiger partial charge on any atom is -0.487 e. The predicted octanol–water partition coefficient (Wildman–Crippen LogP) is -0.594. The van der Waals surface area contributed by atoms with Gasteiger partial charge in [0.1, 0.15) is 18.9 Å². The lowest BCUT2D eigenvalue weighted by Gasteiger charge is -2.06. The van der Waals surface area contributed by atoms with E-state index in [1.165, 1.54) is 0 Å². The fourth-order valence-electron chi connectivity index (χ4n) is 0.978. The Kier molecular flexibility index (Phi) is 3.28. The third-order valence-corrected chi connectivity index (χ3v) is 1.55. The third kappa shape index (κ3) is 2.45. The normalized spacial score (nSPS) is 9.62. The van der Waals surface area contributed by atoms with E-state index in [0.717, 1.165) is 0 Å². The first-order chi connectivity index (χ1) is 6.25. The fraction of sp³-hybridized carbons (Fsp3) is 0.222. The molecule has 0 aliphatic heterocycles. The molecule has 1 amide bonds. The number of nitrogens with two attached hydrogens (primary N) is 1. The van der Waals surface area contributed by atoms with Crippen LogP contribution in [-0.2, 0) is 0 Å². The quantitative estimate of drug-likeness (QED) is 0.650. The van der Waals surface area contributed by atoms with Crippen LogP contribution in [0.1, 0.15) is 10.4 Å². The van der Waals surface area contributed by atoms with E-state index in [9.17, 15) is 4.79 Å². The Labute approximate surface area is 76.5 Å². The molecule has 1 rings (SSSR count). The highest BCUT2D eigenvalue weighted by Gasteiger charge is 2.07. The molecule has 0 bridgehead atoms. The molecule has 0 spiro atoms. The smallest absolute Gasteiger partial charge is 0.252 e. The number of quaternary nitrogens is 1. The lowest BCUT2D eigenvalue weighted by atomic mass is 10.2. The molecule has 4 heteroatoms. The summed E-state index contributed by atoms with van der Waals surface area (Å²) in [5.41, 5.74) is 9.20. The van der Waals surface area contributed by atoms with Crippen molar-refractivity contribution in [1.82, 2.24) is 0 Å². The van der Waals surface area contributed by atoms with Gasteiger partial charge >= 0.3 is 0 Å². The van der Waals surface area contributed by atoms with Crippen LogP contribution in [0.4, 0.5) is 0 Å². The van der Waals surface area contributed by atoms with Gasteiger partial charge in [-0.25, -0.2) is 0 Å². The van der Waals surface area contributed by atoms with Crippen molar-refractivity contribution in [2.75, 3.05) is 13.2 Å². The Morgan fingerprint density at radius 1 is 1.46 bits per heavy atom. The number of carbonyl (C=O) groups excluding carboxylic acids is 1. The van der Waals surface area contributed by atoms with Crippen LogP contribution < -0.4 is 16.2 Å². The van der Waals surface area contributed by atoms with Crippen molar-refractivity contribution in [2.24, 2.45) is 5.73 Å². The average Bonchev–Trinajstić information content (AvgIpc) is 2.15. The second-order valence-electron chi connectivity index (χ2n) is 2.56. The topological polar surface area (TPSA) is 80.0 Å². The zero-order chi connectivity index (χ0) is 9.68. The maximum Gasteiger partial charge on any atom is 0.252 e. The van der Waals surface area contributed by atoms with Crippen LogP contribution in [0, 0.1) is 0 Å². The zero-order valence-electron chi connectivity index (χ0n) is 7.32. The summed E-state index contributed by atoms with van der Waals surface area (Å²) in [6.07, 6.45) is 0. The Bertz CT molecular complexity index is 299. The van der Waals surface area contributed by atoms with Gasteiger partial charge in [-0.15, -0.1) is 0 Å². The highest BCUT2D eigenvalue weighted by Crippen LogP contribution is 2.16. The molecule has 13 heavy (non-hydrogen) atoms. The lowest BCUT2D eigenvalue weighted by Crippen LogP contribution is -2.52. The molecule has 0 aliphatic rings. The monoisotopic (exact) mass is 181 g/mol. The summed E-state index contributed by atoms with van der Waals surface area (Å²) in [4.78, 5) is 10.9. The van der Waals surface area contributed by atoms with Gasteiger partial charge in [0.25, 0.3) is 5.91 Å². The zero-order valence-corrected chi connectivity index (χ0v) is 7.32. The van der Waals surface area contributed by atoms with Gasteiger partial charge < -0.3 is 16.2 Å². The lowest BCUT2D eigenvalue weighted by molar-refractivity contribution is -0.370. The van der Waals surface area contributed by atoms with Crippen LogP contribution in [0.15, 0.2) is 24.3 Å². The Morgan fingerprint density at radius 2 is 2.15 bits per heavy atom. The van der Waals surface area contributed by atoms with Crippen molar-refractivity contribution in [2.45, 2.75) is 0 Å². The Hall–Kier alpha value is -1.55. The molecule has 0 aromatic heterocycles. The Balaban J connectivity index is 2.84. The van der Waals surface area contributed by atoms with Crippen molar-refractivity contribution in [3.05, 3.63) is 29.8 Å². The molecule has 1 aromatic carbocycles. The SMILES string of the molecule is NC(=O)c1ccccc1OCC[NH3+]. The summed E-state index contributed by atoms with van der Waals surface area (Å²) in [6, 6.07) is 6.90. The summed E-state index contributed by atoms with van der Waals surface area (Å²) in [5, 5.41) is 0. The summed E-state index contributed by atoms with van der Waals surface area (Å²) in [6.45, 7) is 1.15. The number of para-hydroxylation sites is 1. The molecule has 0 heterocycles. The molecule has 0 saturated heterocycles. The van der Waals surface area contributed by atoms with Crippen molar-refractivity contribution >= 4 is 5.91 Å². The maximum atomic E-state index is 10.9. The van der Waals surface area contributed by atoms with Crippen molar-refractivity contribution in [3.63, 3.8) is 0 Å². The van der Waals surface area contributed by atoms with Crippen LogP contribution in [0.5, 0.6) is 5.75 Å². The number of carbonyl (C=O) groups is 1. The number of benzene rings is 1. The molecule has 0 radical (unpaired) electrons. The fourth-order valence-corrected chi connectivity index (χ4v) is 0.978. The second kappa shape index (κ2) is 4.47. The first kappa shape index (κ1) is 9.54. The minimum atomic E-state index is -0.473. The van der Waals surface area contributed by atoms with Crippen LogP contribution in [-0.4, -0.2) is 19.1 Å². The summed E-state index contributed by atoms with van der Waals surface area (Å²) < 4.78 is 5.28. The minimum absolute atomic E-state index is 0.413. The molecule has 0 saturated carbocycles. The molecule has 0 aliphatic carbocycles. The van der Waals surface area contributed by atoms with E-state index >= 15 is 0 Å². The highest BCUT2D eigenvalue weighted by atomic mass is 16.5. The van der Waals surface area contributed by atoms with Crippen molar-refractivity contribution in [3.8, 4) is 5.75 Å². The summed E-state index contributed by atoms with van der Waals surface area (Å²) >= 11 is 0. The number of rotatable bonds is 4. The number of hydrogen-bond acceptors (Lipinski definition) is 2. The van der Waals surface area contributed by atoms with Gasteiger partial charge in [0.2, 0.25) is 0 Å². The van der Waals surface area contributed by atoms with E-state index in [1.807, 2.05) is 0 Å². The van der Waals surface area contributed by atoms with E-state index in [1.54, 1.807) is 24.3 Å². The van der Waals surface area contributed by atoms with Crippen molar-refractivity contribution in [1.29, 1.82) is 0 Å². The molecule has 4 nitrogen and oxygen atoms in total. The predicted molar refractivity (Wildman–Crippen MR) is 48.2 cm³/mol. The van der Waals surface area contributed by atoms with Crippen LogP contribution in [0.3, 0.4) is 0 Å². The number of hydrogen-bond donors (Lipinski definition) is 2. The molecule has 0 unspecified atom stereocenters. The standard InChI is InChI=1S/C9H12N2O2/c10-5-6-13-8-4-2-1-3-7(8)9(11)12/h1-4H,5-6,10H2,(H2,11,12)/p+1. The van der Waals surface area contributed by atoms with Gasteiger partial charge in [-0.2, -0.15) is 0 Å². The molecule has 5 N–H and O–H groups in total. The van der Waals surface area contributed by atoms with Gasteiger partial charge in [0.05, 0.1) is 5.56 Å². The largest absolute Gasteiger partial charge is 0.487 e. The van der Waals surface area contributed by atoms with E-state index in [0.29, 0.717) is 24.5 Å². The maximum absolute atomic E-state index is 10.9. The first-order valence-corrected chi connectivity index (χ1v) is 4.06. The van der Waals surface area contributed by atoms with E-state index in [-0.39, 0.29) is 0 Å². The first-order valence-electron chi connectivity index (χ1n) is 4.06. The molecular formula is C9H13N2O2+. The Morgan fingerprint density at radius 3 is 2.77 bits per heavy atom. The molecule has 0 fully saturated rings. The van der Waals surface area contributed by atoms with Crippen LogP contribution in [0.2, 0.25) is 0 Å². The number of primary amides is 1. The molecular weight excluding hydrogens is 168 g/mol. The van der Waals surface area contributed by atoms with Crippen LogP contribution in [0.25, 0.3) is 0 Å². The average molecular weight is 181 g/mol. The van der Waals surface area contributed by atoms with Crippen LogP contribution >= 0.6 is 0 Å². The van der Waals surface area contributed by atoms with Gasteiger partial charge in [-0.05, 0) is 12.1 Å². The number of amides is 1. The van der Waals surface area contributed by atoms with E-state index < -0.39 is 5.91 Å². The van der Waals surface area contributed by atoms with Gasteiger partial charge in [0, 0.05) is 0 Å². The van der Waals surface area contributed by atoms with E-state index in [2.05, 4.69) is 5.73 Å². The van der Waals surface area contributed by atoms with Crippen molar-refractivity contribution < 1.29 is 15.3 Å². The molecule has 0 atom stereocenters. The van der Waals surface area contributed by atoms with E-state index in [4.69, 9.17) is 10.5 Å². The van der Waals surface area contributed by atoms with Gasteiger partial charge in [0.15, 0.2) is 0 Å². The number of ether oxygens (including phenoxy) is 1. The summed E-state index contributed by atoms with van der Waals surface area (Å²) in [7, 11) is 0. The molecule has 70 valence electrons. The summed E-state index contributed by atoms with van der Waals surface area (Å²) in [5.74, 6) is 0.0540. The molecule has 1 aromatic rings.